The Kier molecular flexibility index (Phi) is 9.91. The van der Waals surface area contributed by atoms with Crippen LogP contribution < -0.4 is 0 Å². The zero-order valence-corrected chi connectivity index (χ0v) is 22.5. The van der Waals surface area contributed by atoms with E-state index in [0.29, 0.717) is 0 Å². The molecule has 244 valence electrons. The summed E-state index contributed by atoms with van der Waals surface area (Å²) in [5.74, 6) is -32.0. The Hall–Kier alpha value is -3.39. The van der Waals surface area contributed by atoms with Crippen LogP contribution in [0.3, 0.4) is 0 Å². The second-order valence-electron chi connectivity index (χ2n) is 8.58. The number of halogens is 13. The number of benzene rings is 3. The molecule has 44 heavy (non-hydrogen) atoms. The molecule has 0 radical (unpaired) electrons. The van der Waals surface area contributed by atoms with Gasteiger partial charge in [0.2, 0.25) is 0 Å². The van der Waals surface area contributed by atoms with Gasteiger partial charge >= 0.3 is 45.2 Å². The van der Waals surface area contributed by atoms with E-state index in [0.717, 1.165) is 27.1 Å². The number of hydrogen-bond donors (Lipinski definition) is 4. The molecule has 5 nitrogen and oxygen atoms in total. The molecular formula is C24H15F13O5S2. The second-order valence-corrected chi connectivity index (χ2v) is 10.5. The summed E-state index contributed by atoms with van der Waals surface area (Å²) in [4.78, 5) is 0.867. The number of phenols is 2. The standard InChI is InChI=1S/C18H14O2S.C6HF13O3S/c19-14-8-4-12(5-9-14)16-2-1-3-17(21)18(16)13-6-10-15(20)11-7-13;7-1(8,3(11,12)5(15,16)17)2(9,10)4(13,14)6(18,19)23(20,21)22/h1-11,19-21H;(H,20,21,22). The smallest absolute Gasteiger partial charge is 0.460 e. The molecule has 0 bridgehead atoms. The van der Waals surface area contributed by atoms with Gasteiger partial charge in [-0.1, -0.05) is 36.4 Å². The summed E-state index contributed by atoms with van der Waals surface area (Å²) >= 11 is 4.56. The molecule has 3 aromatic rings. The van der Waals surface area contributed by atoms with Crippen LogP contribution in [0.4, 0.5) is 57.1 Å². The fourth-order valence-corrected chi connectivity index (χ4v) is 4.06. The lowest BCUT2D eigenvalue weighted by molar-refractivity contribution is -0.433. The highest BCUT2D eigenvalue weighted by Crippen LogP contribution is 2.60. The highest BCUT2D eigenvalue weighted by molar-refractivity contribution is 7.87. The summed E-state index contributed by atoms with van der Waals surface area (Å²) in [7, 11) is -7.61. The van der Waals surface area contributed by atoms with Crippen LogP contribution in [-0.4, -0.2) is 58.3 Å². The van der Waals surface area contributed by atoms with Crippen molar-refractivity contribution < 1.29 is 80.3 Å². The van der Waals surface area contributed by atoms with Gasteiger partial charge in [0, 0.05) is 10.5 Å². The van der Waals surface area contributed by atoms with Gasteiger partial charge in [-0.25, -0.2) is 0 Å². The topological polar surface area (TPSA) is 94.8 Å². The first-order valence-corrected chi connectivity index (χ1v) is 12.9. The summed E-state index contributed by atoms with van der Waals surface area (Å²) in [6.45, 7) is 0. The van der Waals surface area contributed by atoms with Crippen LogP contribution in [0.25, 0.3) is 22.3 Å². The van der Waals surface area contributed by atoms with Gasteiger partial charge in [-0.3, -0.25) is 4.55 Å². The molecule has 0 saturated heterocycles. The Morgan fingerprint density at radius 3 is 1.32 bits per heavy atom. The molecule has 0 fully saturated rings. The average Bonchev–Trinajstić information content (AvgIpc) is 2.88. The Labute approximate surface area is 243 Å². The van der Waals surface area contributed by atoms with E-state index >= 15 is 0 Å². The molecule has 20 heteroatoms. The van der Waals surface area contributed by atoms with E-state index in [1.807, 2.05) is 42.5 Å². The first-order chi connectivity index (χ1) is 19.6. The van der Waals surface area contributed by atoms with Gasteiger partial charge in [-0.2, -0.15) is 65.5 Å². The highest BCUT2D eigenvalue weighted by Gasteiger charge is 2.92. The monoisotopic (exact) mass is 694 g/mol. The molecule has 0 unspecified atom stereocenters. The van der Waals surface area contributed by atoms with Crippen molar-refractivity contribution in [3.63, 3.8) is 0 Å². The minimum absolute atomic E-state index is 0.238. The molecular weight excluding hydrogens is 679 g/mol. The minimum atomic E-state index is -8.25. The number of phenolic OH excluding ortho intramolecular Hbond substituents is 2. The zero-order chi connectivity index (χ0) is 34.3. The summed E-state index contributed by atoms with van der Waals surface area (Å²) < 4.78 is 188. The first-order valence-electron chi connectivity index (χ1n) is 11.0. The van der Waals surface area contributed by atoms with E-state index in [1.165, 1.54) is 0 Å². The van der Waals surface area contributed by atoms with E-state index < -0.39 is 45.2 Å². The van der Waals surface area contributed by atoms with Crippen LogP contribution in [0.2, 0.25) is 0 Å². The van der Waals surface area contributed by atoms with Crippen molar-refractivity contribution >= 4 is 22.7 Å². The van der Waals surface area contributed by atoms with E-state index in [-0.39, 0.29) is 11.5 Å². The molecule has 0 atom stereocenters. The Balaban J connectivity index is 0.000000307. The maximum absolute atomic E-state index is 12.7. The summed E-state index contributed by atoms with van der Waals surface area (Å²) in [5, 5.41) is 11.4. The molecule has 3 rings (SSSR count). The molecule has 3 N–H and O–H groups in total. The van der Waals surface area contributed by atoms with Crippen LogP contribution >= 0.6 is 12.6 Å². The van der Waals surface area contributed by atoms with Crippen LogP contribution in [0, 0.1) is 0 Å². The number of rotatable bonds is 7. The van der Waals surface area contributed by atoms with Gasteiger partial charge in [-0.05, 0) is 47.0 Å². The molecule has 3 aromatic carbocycles. The van der Waals surface area contributed by atoms with Crippen LogP contribution in [0.15, 0.2) is 71.6 Å². The van der Waals surface area contributed by atoms with Gasteiger partial charge in [0.05, 0.1) is 0 Å². The second kappa shape index (κ2) is 11.8. The average molecular weight is 694 g/mol. The highest BCUT2D eigenvalue weighted by atomic mass is 32.2. The maximum atomic E-state index is 12.7. The molecule has 0 heterocycles. The molecule has 0 aliphatic carbocycles. The van der Waals surface area contributed by atoms with Crippen LogP contribution in [-0.2, 0) is 10.1 Å². The molecule has 0 amide bonds. The fourth-order valence-electron chi connectivity index (χ4n) is 3.27. The van der Waals surface area contributed by atoms with Gasteiger partial charge in [0.25, 0.3) is 0 Å². The maximum Gasteiger partial charge on any atom is 0.460 e. The third-order valence-electron chi connectivity index (χ3n) is 5.61. The summed E-state index contributed by atoms with van der Waals surface area (Å²) in [6.07, 6.45) is -7.59. The number of aromatic hydroxyl groups is 2. The largest absolute Gasteiger partial charge is 0.508 e. The van der Waals surface area contributed by atoms with Gasteiger partial charge < -0.3 is 10.2 Å². The molecule has 0 saturated carbocycles. The third-order valence-corrected chi connectivity index (χ3v) is 6.88. The zero-order valence-electron chi connectivity index (χ0n) is 20.8. The van der Waals surface area contributed by atoms with Crippen molar-refractivity contribution in [1.29, 1.82) is 0 Å². The minimum Gasteiger partial charge on any atom is -0.508 e. The van der Waals surface area contributed by atoms with Crippen molar-refractivity contribution in [3.05, 3.63) is 66.7 Å². The normalized spacial score (nSPS) is 13.7. The van der Waals surface area contributed by atoms with Gasteiger partial charge in [-0.15, -0.1) is 12.6 Å². The van der Waals surface area contributed by atoms with Crippen LogP contribution in [0.1, 0.15) is 0 Å². The first kappa shape index (κ1) is 36.8. The van der Waals surface area contributed by atoms with Crippen molar-refractivity contribution in [2.45, 2.75) is 40.0 Å². The fraction of sp³-hybridized carbons (Fsp3) is 0.250. The summed E-state index contributed by atoms with van der Waals surface area (Å²) in [5.41, 5.74) is 4.04. The molecule has 0 aromatic heterocycles. The Bertz CT molecular complexity index is 1570. The lowest BCUT2D eigenvalue weighted by Gasteiger charge is -2.38. The van der Waals surface area contributed by atoms with Gasteiger partial charge in [0.15, 0.2) is 0 Å². The van der Waals surface area contributed by atoms with E-state index in [9.17, 15) is 75.7 Å². The number of thiol groups is 1. The molecule has 0 aliphatic rings. The SMILES string of the molecule is O=S(=O)(O)C(F)(F)C(F)(F)C(F)(F)C(F)(F)C(F)(F)C(F)(F)F.Oc1ccc(-c2cccc(S)c2-c2ccc(O)cc2)cc1. The predicted molar refractivity (Wildman–Crippen MR) is 130 cm³/mol. The number of alkyl halides is 13. The van der Waals surface area contributed by atoms with Crippen molar-refractivity contribution in [1.82, 2.24) is 0 Å². The Morgan fingerprint density at radius 2 is 0.932 bits per heavy atom. The van der Waals surface area contributed by atoms with Crippen LogP contribution in [0.5, 0.6) is 11.5 Å². The lowest BCUT2D eigenvalue weighted by atomic mass is 9.94. The van der Waals surface area contributed by atoms with Crippen molar-refractivity contribution in [2.75, 3.05) is 0 Å². The molecule has 0 aliphatic heterocycles. The number of hydrogen-bond acceptors (Lipinski definition) is 5. The summed E-state index contributed by atoms with van der Waals surface area (Å²) in [6, 6.07) is 20.1. The van der Waals surface area contributed by atoms with E-state index in [1.54, 1.807) is 24.3 Å². The van der Waals surface area contributed by atoms with Crippen molar-refractivity contribution in [2.24, 2.45) is 0 Å². The Morgan fingerprint density at radius 1 is 0.545 bits per heavy atom. The van der Waals surface area contributed by atoms with Gasteiger partial charge in [0.1, 0.15) is 11.5 Å². The molecule has 0 spiro atoms. The third kappa shape index (κ3) is 6.37. The lowest BCUT2D eigenvalue weighted by Crippen LogP contribution is -2.71. The van der Waals surface area contributed by atoms with E-state index in [4.69, 9.17) is 4.55 Å². The predicted octanol–water partition coefficient (Wildman–Crippen LogP) is 8.29. The van der Waals surface area contributed by atoms with Crippen molar-refractivity contribution in [3.8, 4) is 33.8 Å². The van der Waals surface area contributed by atoms with E-state index in [2.05, 4.69) is 12.6 Å². The quantitative estimate of drug-likeness (QED) is 0.114.